The van der Waals surface area contributed by atoms with Gasteiger partial charge in [0.2, 0.25) is 0 Å². The molecule has 0 aromatic carbocycles. The minimum Gasteiger partial charge on any atom is -0.392 e. The SMILES string of the molecule is CC(O)CN(C)C1CCN(C(=O)c2cc(C3CC3)n(C)n2)CC1. The highest BCUT2D eigenvalue weighted by molar-refractivity contribution is 5.92. The number of carbonyl (C=O) groups is 1. The van der Waals surface area contributed by atoms with Crippen LogP contribution >= 0.6 is 0 Å². The van der Waals surface area contributed by atoms with Crippen LogP contribution < -0.4 is 0 Å². The van der Waals surface area contributed by atoms with Crippen LogP contribution in [0.2, 0.25) is 0 Å². The molecular formula is C17H28N4O2. The molecule has 6 heteroatoms. The molecule has 6 nitrogen and oxygen atoms in total. The van der Waals surface area contributed by atoms with Crippen LogP contribution in [-0.2, 0) is 7.05 Å². The van der Waals surface area contributed by atoms with E-state index in [1.807, 2.05) is 29.6 Å². The summed E-state index contributed by atoms with van der Waals surface area (Å²) in [5.74, 6) is 0.665. The Morgan fingerprint density at radius 2 is 2.04 bits per heavy atom. The third-order valence-corrected chi connectivity index (χ3v) is 5.06. The Bertz CT molecular complexity index is 557. The number of likely N-dealkylation sites (N-methyl/N-ethyl adjacent to an activating group) is 1. The number of hydrogen-bond acceptors (Lipinski definition) is 4. The van der Waals surface area contributed by atoms with Gasteiger partial charge in [0.15, 0.2) is 5.69 Å². The van der Waals surface area contributed by atoms with Gasteiger partial charge in [0.25, 0.3) is 5.91 Å². The van der Waals surface area contributed by atoms with E-state index in [0.29, 0.717) is 24.2 Å². The van der Waals surface area contributed by atoms with E-state index in [9.17, 15) is 9.90 Å². The molecule has 2 aliphatic rings. The summed E-state index contributed by atoms with van der Waals surface area (Å²) in [6.07, 6.45) is 4.03. The molecule has 23 heavy (non-hydrogen) atoms. The molecule has 0 bridgehead atoms. The Labute approximate surface area is 138 Å². The predicted octanol–water partition coefficient (Wildman–Crippen LogP) is 1.21. The van der Waals surface area contributed by atoms with E-state index in [4.69, 9.17) is 0 Å². The van der Waals surface area contributed by atoms with E-state index in [1.54, 1.807) is 0 Å². The Morgan fingerprint density at radius 3 is 2.61 bits per heavy atom. The van der Waals surface area contributed by atoms with E-state index in [-0.39, 0.29) is 12.0 Å². The summed E-state index contributed by atoms with van der Waals surface area (Å²) < 4.78 is 1.87. The predicted molar refractivity (Wildman–Crippen MR) is 88.4 cm³/mol. The van der Waals surface area contributed by atoms with E-state index in [2.05, 4.69) is 17.0 Å². The lowest BCUT2D eigenvalue weighted by Crippen LogP contribution is -2.47. The normalized spacial score (nSPS) is 21.0. The average molecular weight is 320 g/mol. The number of aliphatic hydroxyl groups excluding tert-OH is 1. The standard InChI is InChI=1S/C17H28N4O2/c1-12(22)11-19(2)14-6-8-21(9-7-14)17(23)15-10-16(13-4-5-13)20(3)18-15/h10,12-14,22H,4-9,11H2,1-3H3. The zero-order valence-corrected chi connectivity index (χ0v) is 14.4. The number of carbonyl (C=O) groups excluding carboxylic acids is 1. The van der Waals surface area contributed by atoms with Gasteiger partial charge >= 0.3 is 0 Å². The molecule has 1 unspecified atom stereocenters. The van der Waals surface area contributed by atoms with Crippen molar-refractivity contribution in [2.24, 2.45) is 7.05 Å². The van der Waals surface area contributed by atoms with Crippen LogP contribution in [0.15, 0.2) is 6.07 Å². The Balaban J connectivity index is 1.57. The van der Waals surface area contributed by atoms with Crippen molar-refractivity contribution < 1.29 is 9.90 Å². The van der Waals surface area contributed by atoms with Crippen LogP contribution in [0.25, 0.3) is 0 Å². The van der Waals surface area contributed by atoms with Gasteiger partial charge in [-0.1, -0.05) is 0 Å². The van der Waals surface area contributed by atoms with Crippen molar-refractivity contribution in [1.29, 1.82) is 0 Å². The van der Waals surface area contributed by atoms with Gasteiger partial charge in [0.05, 0.1) is 6.10 Å². The second-order valence-electron chi connectivity index (χ2n) is 7.16. The van der Waals surface area contributed by atoms with E-state index in [1.165, 1.54) is 18.5 Å². The first-order valence-corrected chi connectivity index (χ1v) is 8.67. The molecule has 3 rings (SSSR count). The van der Waals surface area contributed by atoms with Crippen LogP contribution in [0.5, 0.6) is 0 Å². The summed E-state index contributed by atoms with van der Waals surface area (Å²) in [6.45, 7) is 4.03. The Hall–Kier alpha value is -1.40. The molecule has 1 N–H and O–H groups in total. The van der Waals surface area contributed by atoms with Gasteiger partial charge < -0.3 is 14.9 Å². The summed E-state index contributed by atoms with van der Waals surface area (Å²) in [5, 5.41) is 13.9. The van der Waals surface area contributed by atoms with Crippen LogP contribution in [0.4, 0.5) is 0 Å². The summed E-state index contributed by atoms with van der Waals surface area (Å²) in [5.41, 5.74) is 1.78. The molecule has 1 saturated carbocycles. The lowest BCUT2D eigenvalue weighted by molar-refractivity contribution is 0.0572. The van der Waals surface area contributed by atoms with E-state index < -0.39 is 0 Å². The number of hydrogen-bond donors (Lipinski definition) is 1. The van der Waals surface area contributed by atoms with Crippen LogP contribution in [0, 0.1) is 0 Å². The van der Waals surface area contributed by atoms with Crippen molar-refractivity contribution in [1.82, 2.24) is 19.6 Å². The molecule has 0 spiro atoms. The monoisotopic (exact) mass is 320 g/mol. The number of nitrogens with zero attached hydrogens (tertiary/aromatic N) is 4. The second-order valence-corrected chi connectivity index (χ2v) is 7.16. The topological polar surface area (TPSA) is 61.6 Å². The average Bonchev–Trinajstić information content (AvgIpc) is 3.28. The highest BCUT2D eigenvalue weighted by atomic mass is 16.3. The fourth-order valence-electron chi connectivity index (χ4n) is 3.58. The first kappa shape index (κ1) is 16.5. The van der Waals surface area contributed by atoms with Crippen molar-refractivity contribution in [2.75, 3.05) is 26.7 Å². The molecule has 1 aliphatic carbocycles. The summed E-state index contributed by atoms with van der Waals surface area (Å²) in [4.78, 5) is 16.8. The highest BCUT2D eigenvalue weighted by Crippen LogP contribution is 2.40. The van der Waals surface area contributed by atoms with Gasteiger partial charge in [-0.25, -0.2) is 0 Å². The minimum absolute atomic E-state index is 0.0594. The van der Waals surface area contributed by atoms with Gasteiger partial charge in [-0.15, -0.1) is 0 Å². The Morgan fingerprint density at radius 1 is 1.39 bits per heavy atom. The van der Waals surface area contributed by atoms with Gasteiger partial charge in [-0.05, 0) is 45.7 Å². The molecule has 1 amide bonds. The van der Waals surface area contributed by atoms with Crippen molar-refractivity contribution >= 4 is 5.91 Å². The molecule has 2 fully saturated rings. The fraction of sp³-hybridized carbons (Fsp3) is 0.765. The number of piperidine rings is 1. The molecule has 128 valence electrons. The van der Waals surface area contributed by atoms with Crippen molar-refractivity contribution in [2.45, 2.75) is 50.7 Å². The van der Waals surface area contributed by atoms with Crippen LogP contribution in [0.3, 0.4) is 0 Å². The molecule has 2 heterocycles. The van der Waals surface area contributed by atoms with Crippen molar-refractivity contribution in [3.8, 4) is 0 Å². The molecule has 1 aliphatic heterocycles. The summed E-state index contributed by atoms with van der Waals surface area (Å²) in [7, 11) is 3.98. The van der Waals surface area contributed by atoms with Gasteiger partial charge in [0, 0.05) is 44.3 Å². The number of amides is 1. The fourth-order valence-corrected chi connectivity index (χ4v) is 3.58. The zero-order chi connectivity index (χ0) is 16.6. The van der Waals surface area contributed by atoms with E-state index in [0.717, 1.165) is 25.9 Å². The molecule has 0 radical (unpaired) electrons. The first-order chi connectivity index (χ1) is 11.0. The number of aryl methyl sites for hydroxylation is 1. The van der Waals surface area contributed by atoms with Crippen LogP contribution in [0.1, 0.15) is 54.7 Å². The number of aromatic nitrogens is 2. The maximum absolute atomic E-state index is 12.7. The zero-order valence-electron chi connectivity index (χ0n) is 14.4. The summed E-state index contributed by atoms with van der Waals surface area (Å²) in [6, 6.07) is 2.42. The highest BCUT2D eigenvalue weighted by Gasteiger charge is 2.31. The number of rotatable bonds is 5. The Kier molecular flexibility index (Phi) is 4.73. The lowest BCUT2D eigenvalue weighted by Gasteiger charge is -2.37. The maximum Gasteiger partial charge on any atom is 0.274 e. The number of aliphatic hydroxyl groups is 1. The lowest BCUT2D eigenvalue weighted by atomic mass is 10.0. The van der Waals surface area contributed by atoms with Crippen molar-refractivity contribution in [3.05, 3.63) is 17.5 Å². The van der Waals surface area contributed by atoms with E-state index >= 15 is 0 Å². The molecule has 1 saturated heterocycles. The van der Waals surface area contributed by atoms with Gasteiger partial charge in [-0.2, -0.15) is 5.10 Å². The van der Waals surface area contributed by atoms with Gasteiger partial charge in [-0.3, -0.25) is 9.48 Å². The third kappa shape index (κ3) is 3.75. The molecule has 1 aromatic heterocycles. The molecular weight excluding hydrogens is 292 g/mol. The molecule has 1 aromatic rings. The van der Waals surface area contributed by atoms with Crippen molar-refractivity contribution in [3.63, 3.8) is 0 Å². The largest absolute Gasteiger partial charge is 0.392 e. The minimum atomic E-state index is -0.311. The maximum atomic E-state index is 12.7. The second kappa shape index (κ2) is 6.61. The third-order valence-electron chi connectivity index (χ3n) is 5.06. The first-order valence-electron chi connectivity index (χ1n) is 8.67. The summed E-state index contributed by atoms with van der Waals surface area (Å²) >= 11 is 0. The smallest absolute Gasteiger partial charge is 0.274 e. The van der Waals surface area contributed by atoms with Crippen LogP contribution in [-0.4, -0.2) is 69.4 Å². The van der Waals surface area contributed by atoms with Gasteiger partial charge in [0.1, 0.15) is 0 Å². The number of likely N-dealkylation sites (tertiary alicyclic amines) is 1. The quantitative estimate of drug-likeness (QED) is 0.886. The molecule has 1 atom stereocenters.